The summed E-state index contributed by atoms with van der Waals surface area (Å²) in [6, 6.07) is 12.2. The molecule has 2 aromatic carbocycles. The van der Waals surface area contributed by atoms with E-state index in [4.69, 9.17) is 9.47 Å². The van der Waals surface area contributed by atoms with Gasteiger partial charge in [-0.15, -0.1) is 0 Å². The van der Waals surface area contributed by atoms with Gasteiger partial charge >= 0.3 is 11.9 Å². The van der Waals surface area contributed by atoms with Crippen LogP contribution in [0.5, 0.6) is 11.5 Å². The molecule has 0 amide bonds. The number of hydrogen-bond acceptors (Lipinski definition) is 6. The van der Waals surface area contributed by atoms with Gasteiger partial charge in [0.15, 0.2) is 0 Å². The van der Waals surface area contributed by atoms with Gasteiger partial charge in [-0.2, -0.15) is 0 Å². The molecule has 0 spiro atoms. The zero-order chi connectivity index (χ0) is 23.5. The van der Waals surface area contributed by atoms with Crippen LogP contribution in [0.4, 0.5) is 5.69 Å². The van der Waals surface area contributed by atoms with Crippen LogP contribution in [0.15, 0.2) is 48.7 Å². The van der Waals surface area contributed by atoms with Crippen LogP contribution in [-0.2, 0) is 16.1 Å². The Morgan fingerprint density at radius 1 is 0.939 bits per heavy atom. The Balaban J connectivity index is 1.62. The van der Waals surface area contributed by atoms with E-state index >= 15 is 0 Å². The Morgan fingerprint density at radius 2 is 1.58 bits per heavy atom. The minimum absolute atomic E-state index is 0.250. The standard InChI is InChI=1S/C24H27N3O6/c1-32-17-5-3-16(4-6-17)25-9-11-26(12-10-25)23(24(30)31)20-14-27(15-22(28)29)21-8-7-18(33-2)13-19(20)21/h3-8,13-14,23H,9-12,15H2,1-2H3,(H,28,29)(H,30,31)/t23-/m0/s1. The molecule has 4 rings (SSSR count). The molecule has 0 saturated carbocycles. The summed E-state index contributed by atoms with van der Waals surface area (Å²) in [6.45, 7) is 2.21. The van der Waals surface area contributed by atoms with Crippen LogP contribution in [0, 0.1) is 0 Å². The largest absolute Gasteiger partial charge is 0.497 e. The van der Waals surface area contributed by atoms with Crippen molar-refractivity contribution in [1.82, 2.24) is 9.47 Å². The number of benzene rings is 2. The number of anilines is 1. The lowest BCUT2D eigenvalue weighted by molar-refractivity contribution is -0.143. The highest BCUT2D eigenvalue weighted by Gasteiger charge is 2.33. The number of nitrogens with zero attached hydrogens (tertiary/aromatic N) is 3. The van der Waals surface area contributed by atoms with E-state index in [-0.39, 0.29) is 6.54 Å². The predicted octanol–water partition coefficient (Wildman–Crippen LogP) is 2.69. The molecule has 1 fully saturated rings. The zero-order valence-electron chi connectivity index (χ0n) is 18.6. The molecular formula is C24H27N3O6. The SMILES string of the molecule is COc1ccc(N2CCN([C@H](C(=O)O)c3cn(CC(=O)O)c4ccc(OC)cc34)CC2)cc1. The van der Waals surface area contributed by atoms with Crippen LogP contribution in [0.3, 0.4) is 0 Å². The van der Waals surface area contributed by atoms with E-state index < -0.39 is 18.0 Å². The van der Waals surface area contributed by atoms with Crippen LogP contribution in [0.25, 0.3) is 10.9 Å². The number of methoxy groups -OCH3 is 2. The van der Waals surface area contributed by atoms with Crippen molar-refractivity contribution in [2.45, 2.75) is 12.6 Å². The average molecular weight is 453 g/mol. The van der Waals surface area contributed by atoms with E-state index in [2.05, 4.69) is 4.90 Å². The van der Waals surface area contributed by atoms with Crippen molar-refractivity contribution in [3.05, 3.63) is 54.2 Å². The normalized spacial score (nSPS) is 15.4. The topological polar surface area (TPSA) is 104 Å². The van der Waals surface area contributed by atoms with E-state index in [0.717, 1.165) is 11.4 Å². The fraction of sp³-hybridized carbons (Fsp3) is 0.333. The second-order valence-corrected chi connectivity index (χ2v) is 7.95. The molecule has 1 saturated heterocycles. The predicted molar refractivity (Wildman–Crippen MR) is 123 cm³/mol. The molecule has 1 aromatic heterocycles. The number of aromatic nitrogens is 1. The summed E-state index contributed by atoms with van der Waals surface area (Å²) in [6.07, 6.45) is 1.65. The second kappa shape index (κ2) is 9.41. The highest BCUT2D eigenvalue weighted by molar-refractivity contribution is 5.91. The number of hydrogen-bond donors (Lipinski definition) is 2. The minimum atomic E-state index is -0.991. The van der Waals surface area contributed by atoms with Crippen molar-refractivity contribution in [2.24, 2.45) is 0 Å². The van der Waals surface area contributed by atoms with Gasteiger partial charge in [0, 0.05) is 54.5 Å². The van der Waals surface area contributed by atoms with Crippen LogP contribution < -0.4 is 14.4 Å². The average Bonchev–Trinajstić information content (AvgIpc) is 3.16. The Hall–Kier alpha value is -3.72. The van der Waals surface area contributed by atoms with Crippen LogP contribution in [0.2, 0.25) is 0 Å². The monoisotopic (exact) mass is 453 g/mol. The molecular weight excluding hydrogens is 426 g/mol. The van der Waals surface area contributed by atoms with Crippen LogP contribution in [-0.4, -0.2) is 72.0 Å². The van der Waals surface area contributed by atoms with Crippen molar-refractivity contribution in [3.8, 4) is 11.5 Å². The lowest BCUT2D eigenvalue weighted by Crippen LogP contribution is -2.49. The number of carbonyl (C=O) groups is 2. The van der Waals surface area contributed by atoms with Gasteiger partial charge in [0.05, 0.1) is 14.2 Å². The maximum absolute atomic E-state index is 12.4. The van der Waals surface area contributed by atoms with Gasteiger partial charge in [0.2, 0.25) is 0 Å². The van der Waals surface area contributed by atoms with E-state index in [1.807, 2.05) is 29.2 Å². The van der Waals surface area contributed by atoms with Gasteiger partial charge < -0.3 is 29.2 Å². The lowest BCUT2D eigenvalue weighted by Gasteiger charge is -2.38. The number of fused-ring (bicyclic) bond motifs is 1. The second-order valence-electron chi connectivity index (χ2n) is 7.95. The summed E-state index contributed by atoms with van der Waals surface area (Å²) in [5.74, 6) is -0.582. The maximum Gasteiger partial charge on any atom is 0.325 e. The van der Waals surface area contributed by atoms with E-state index in [1.54, 1.807) is 43.2 Å². The summed E-state index contributed by atoms with van der Waals surface area (Å²) >= 11 is 0. The maximum atomic E-state index is 12.4. The van der Waals surface area contributed by atoms with Crippen LogP contribution >= 0.6 is 0 Å². The molecule has 0 aliphatic carbocycles. The Kier molecular flexibility index (Phi) is 6.41. The first-order chi connectivity index (χ1) is 15.9. The molecule has 33 heavy (non-hydrogen) atoms. The van der Waals surface area contributed by atoms with E-state index in [9.17, 15) is 19.8 Å². The fourth-order valence-corrected chi connectivity index (χ4v) is 4.44. The van der Waals surface area contributed by atoms with Gasteiger partial charge in [0.1, 0.15) is 24.1 Å². The third-order valence-electron chi connectivity index (χ3n) is 6.07. The number of carboxylic acids is 2. The molecule has 1 aliphatic rings. The highest BCUT2D eigenvalue weighted by atomic mass is 16.5. The van der Waals surface area contributed by atoms with Crippen molar-refractivity contribution < 1.29 is 29.3 Å². The molecule has 2 heterocycles. The summed E-state index contributed by atoms with van der Waals surface area (Å²) < 4.78 is 12.1. The Labute approximate surface area is 191 Å². The van der Waals surface area contributed by atoms with E-state index in [1.165, 1.54) is 0 Å². The summed E-state index contributed by atoms with van der Waals surface area (Å²) in [4.78, 5) is 27.9. The third-order valence-corrected chi connectivity index (χ3v) is 6.07. The highest BCUT2D eigenvalue weighted by Crippen LogP contribution is 2.34. The van der Waals surface area contributed by atoms with Crippen molar-refractivity contribution >= 4 is 28.5 Å². The zero-order valence-corrected chi connectivity index (χ0v) is 18.6. The lowest BCUT2D eigenvalue weighted by atomic mass is 10.0. The van der Waals surface area contributed by atoms with Crippen LogP contribution in [0.1, 0.15) is 11.6 Å². The number of ether oxygens (including phenoxy) is 2. The first-order valence-corrected chi connectivity index (χ1v) is 10.7. The van der Waals surface area contributed by atoms with Gasteiger partial charge in [-0.1, -0.05) is 0 Å². The van der Waals surface area contributed by atoms with Gasteiger partial charge in [-0.25, -0.2) is 0 Å². The van der Waals surface area contributed by atoms with Crippen molar-refractivity contribution in [2.75, 3.05) is 45.3 Å². The fourth-order valence-electron chi connectivity index (χ4n) is 4.44. The molecule has 9 heteroatoms. The smallest absolute Gasteiger partial charge is 0.325 e. The Bertz CT molecular complexity index is 1150. The number of aliphatic carboxylic acids is 2. The van der Waals surface area contributed by atoms with Gasteiger partial charge in [0.25, 0.3) is 0 Å². The molecule has 2 N–H and O–H groups in total. The van der Waals surface area contributed by atoms with Crippen molar-refractivity contribution in [3.63, 3.8) is 0 Å². The number of piperazine rings is 1. The number of carboxylic acid groups (broad SMARTS) is 2. The molecule has 0 radical (unpaired) electrons. The molecule has 1 aliphatic heterocycles. The minimum Gasteiger partial charge on any atom is -0.497 e. The summed E-state index contributed by atoms with van der Waals surface area (Å²) in [7, 11) is 3.17. The Morgan fingerprint density at radius 3 is 2.15 bits per heavy atom. The summed E-state index contributed by atoms with van der Waals surface area (Å²) in [5, 5.41) is 20.2. The van der Waals surface area contributed by atoms with E-state index in [0.29, 0.717) is 48.4 Å². The molecule has 1 atom stereocenters. The summed E-state index contributed by atoms with van der Waals surface area (Å²) in [5.41, 5.74) is 2.29. The quantitative estimate of drug-likeness (QED) is 0.537. The molecule has 9 nitrogen and oxygen atoms in total. The van der Waals surface area contributed by atoms with Crippen molar-refractivity contribution in [1.29, 1.82) is 0 Å². The molecule has 0 unspecified atom stereocenters. The third kappa shape index (κ3) is 4.58. The molecule has 0 bridgehead atoms. The van der Waals surface area contributed by atoms with Gasteiger partial charge in [-0.05, 0) is 42.5 Å². The molecule has 174 valence electrons. The molecule has 3 aromatic rings. The first-order valence-electron chi connectivity index (χ1n) is 10.7. The first kappa shape index (κ1) is 22.5. The number of rotatable bonds is 8. The van der Waals surface area contributed by atoms with Gasteiger partial charge in [-0.3, -0.25) is 14.5 Å².